The van der Waals surface area contributed by atoms with Crippen LogP contribution < -0.4 is 4.74 Å². The van der Waals surface area contributed by atoms with Crippen molar-refractivity contribution in [2.45, 2.75) is 25.9 Å². The van der Waals surface area contributed by atoms with Crippen molar-refractivity contribution < 1.29 is 4.74 Å². The number of hydrogen-bond acceptors (Lipinski definition) is 1. The van der Waals surface area contributed by atoms with Crippen molar-refractivity contribution >= 4 is 0 Å². The van der Waals surface area contributed by atoms with Gasteiger partial charge in [0.05, 0.1) is 6.10 Å². The minimum absolute atomic E-state index is 0.511. The molecule has 0 bridgehead atoms. The molecule has 0 radical (unpaired) electrons. The summed E-state index contributed by atoms with van der Waals surface area (Å²) >= 11 is 0. The maximum atomic E-state index is 5.61. The molecule has 0 spiro atoms. The van der Waals surface area contributed by atoms with Gasteiger partial charge in [0.2, 0.25) is 0 Å². The van der Waals surface area contributed by atoms with Crippen molar-refractivity contribution in [1.29, 1.82) is 0 Å². The van der Waals surface area contributed by atoms with E-state index in [4.69, 9.17) is 4.74 Å². The zero-order chi connectivity index (χ0) is 7.68. The van der Waals surface area contributed by atoms with E-state index in [0.29, 0.717) is 6.10 Å². The largest absolute Gasteiger partial charge is 0.490 e. The summed E-state index contributed by atoms with van der Waals surface area (Å²) in [5.41, 5.74) is 1.27. The first kappa shape index (κ1) is 6.71. The second-order valence-corrected chi connectivity index (χ2v) is 3.13. The Labute approximate surface area is 67.0 Å². The minimum Gasteiger partial charge on any atom is -0.490 e. The average molecular weight is 148 g/mol. The Morgan fingerprint density at radius 2 is 2.18 bits per heavy atom. The summed E-state index contributed by atoms with van der Waals surface area (Å²) in [6, 6.07) is 8.22. The number of benzene rings is 1. The summed E-state index contributed by atoms with van der Waals surface area (Å²) in [5.74, 6) is 1.02. The van der Waals surface area contributed by atoms with E-state index in [1.807, 2.05) is 12.1 Å². The molecule has 0 amide bonds. The Morgan fingerprint density at radius 3 is 2.82 bits per heavy atom. The zero-order valence-electron chi connectivity index (χ0n) is 6.71. The van der Waals surface area contributed by atoms with Crippen LogP contribution in [0.1, 0.15) is 18.4 Å². The van der Waals surface area contributed by atoms with Gasteiger partial charge in [0, 0.05) is 0 Å². The molecule has 0 heterocycles. The first-order valence-electron chi connectivity index (χ1n) is 4.08. The van der Waals surface area contributed by atoms with Crippen LogP contribution >= 0.6 is 0 Å². The highest BCUT2D eigenvalue weighted by Gasteiger charge is 2.23. The smallest absolute Gasteiger partial charge is 0.119 e. The highest BCUT2D eigenvalue weighted by molar-refractivity contribution is 5.27. The van der Waals surface area contributed by atoms with E-state index < -0.39 is 0 Å². The van der Waals surface area contributed by atoms with Crippen molar-refractivity contribution in [3.05, 3.63) is 29.8 Å². The quantitative estimate of drug-likeness (QED) is 0.626. The predicted octanol–water partition coefficient (Wildman–Crippen LogP) is 2.54. The molecule has 1 aliphatic rings. The van der Waals surface area contributed by atoms with E-state index in [1.165, 1.54) is 18.4 Å². The highest BCUT2D eigenvalue weighted by Crippen LogP contribution is 2.26. The van der Waals surface area contributed by atoms with Crippen molar-refractivity contribution in [2.75, 3.05) is 0 Å². The molecule has 0 aliphatic heterocycles. The third kappa shape index (κ3) is 1.73. The monoisotopic (exact) mass is 148 g/mol. The van der Waals surface area contributed by atoms with Gasteiger partial charge in [-0.2, -0.15) is 0 Å². The Kier molecular flexibility index (Phi) is 1.57. The van der Waals surface area contributed by atoms with Gasteiger partial charge < -0.3 is 4.74 Å². The second kappa shape index (κ2) is 2.57. The maximum Gasteiger partial charge on any atom is 0.119 e. The van der Waals surface area contributed by atoms with Gasteiger partial charge in [-0.1, -0.05) is 12.1 Å². The number of aryl methyl sites for hydroxylation is 1. The molecule has 1 saturated carbocycles. The Bertz CT molecular complexity index is 251. The zero-order valence-corrected chi connectivity index (χ0v) is 6.71. The van der Waals surface area contributed by atoms with Crippen LogP contribution in [0.4, 0.5) is 0 Å². The molecule has 1 aromatic carbocycles. The van der Waals surface area contributed by atoms with Gasteiger partial charge in [-0.15, -0.1) is 0 Å². The van der Waals surface area contributed by atoms with E-state index in [2.05, 4.69) is 19.1 Å². The molecule has 0 aromatic heterocycles. The fourth-order valence-corrected chi connectivity index (χ4v) is 1.07. The standard InChI is InChI=1S/C10H12O/c1-8-3-2-4-10(7-8)11-9-5-6-9/h2-4,7,9H,5-6H2,1H3. The lowest BCUT2D eigenvalue weighted by atomic mass is 10.2. The lowest BCUT2D eigenvalue weighted by molar-refractivity contribution is 0.303. The molecule has 0 N–H and O–H groups in total. The van der Waals surface area contributed by atoms with Gasteiger partial charge in [-0.05, 0) is 37.5 Å². The minimum atomic E-state index is 0.511. The molecule has 2 rings (SSSR count). The fraction of sp³-hybridized carbons (Fsp3) is 0.400. The normalized spacial score (nSPS) is 16.5. The molecule has 11 heavy (non-hydrogen) atoms. The summed E-state index contributed by atoms with van der Waals surface area (Å²) < 4.78 is 5.61. The number of ether oxygens (including phenoxy) is 1. The topological polar surface area (TPSA) is 9.23 Å². The van der Waals surface area contributed by atoms with Crippen LogP contribution in [0.15, 0.2) is 24.3 Å². The van der Waals surface area contributed by atoms with Gasteiger partial charge in [-0.3, -0.25) is 0 Å². The lowest BCUT2D eigenvalue weighted by Crippen LogP contribution is -1.95. The van der Waals surface area contributed by atoms with E-state index in [9.17, 15) is 0 Å². The summed E-state index contributed by atoms with van der Waals surface area (Å²) in [6.45, 7) is 2.08. The Hall–Kier alpha value is -0.980. The molecule has 0 unspecified atom stereocenters. The van der Waals surface area contributed by atoms with Crippen LogP contribution in [0.3, 0.4) is 0 Å². The van der Waals surface area contributed by atoms with Crippen molar-refractivity contribution in [2.24, 2.45) is 0 Å². The van der Waals surface area contributed by atoms with Crippen molar-refractivity contribution in [1.82, 2.24) is 0 Å². The molecule has 1 aromatic rings. The maximum absolute atomic E-state index is 5.61. The van der Waals surface area contributed by atoms with Gasteiger partial charge in [-0.25, -0.2) is 0 Å². The second-order valence-electron chi connectivity index (χ2n) is 3.13. The summed E-state index contributed by atoms with van der Waals surface area (Å²) in [7, 11) is 0. The van der Waals surface area contributed by atoms with Crippen LogP contribution in [-0.4, -0.2) is 6.10 Å². The van der Waals surface area contributed by atoms with Crippen LogP contribution in [-0.2, 0) is 0 Å². The van der Waals surface area contributed by atoms with E-state index in [0.717, 1.165) is 5.75 Å². The Balaban J connectivity index is 2.10. The average Bonchev–Trinajstić information content (AvgIpc) is 2.71. The molecule has 58 valence electrons. The SMILES string of the molecule is Cc1cccc(OC2CC2)c1. The van der Waals surface area contributed by atoms with Gasteiger partial charge in [0.1, 0.15) is 5.75 Å². The summed E-state index contributed by atoms with van der Waals surface area (Å²) in [6.07, 6.45) is 2.97. The molecule has 1 fully saturated rings. The predicted molar refractivity (Wildman–Crippen MR) is 44.8 cm³/mol. The summed E-state index contributed by atoms with van der Waals surface area (Å²) in [5, 5.41) is 0. The van der Waals surface area contributed by atoms with Gasteiger partial charge >= 0.3 is 0 Å². The van der Waals surface area contributed by atoms with Crippen molar-refractivity contribution in [3.8, 4) is 5.75 Å². The van der Waals surface area contributed by atoms with Crippen molar-refractivity contribution in [3.63, 3.8) is 0 Å². The van der Waals surface area contributed by atoms with Crippen LogP contribution in [0.2, 0.25) is 0 Å². The molecule has 1 aliphatic carbocycles. The van der Waals surface area contributed by atoms with Gasteiger partial charge in [0.25, 0.3) is 0 Å². The van der Waals surface area contributed by atoms with E-state index >= 15 is 0 Å². The van der Waals surface area contributed by atoms with Crippen LogP contribution in [0, 0.1) is 6.92 Å². The fourth-order valence-electron chi connectivity index (χ4n) is 1.07. The van der Waals surface area contributed by atoms with Gasteiger partial charge in [0.15, 0.2) is 0 Å². The molecular formula is C10H12O. The first-order chi connectivity index (χ1) is 5.34. The Morgan fingerprint density at radius 1 is 1.36 bits per heavy atom. The third-order valence-corrected chi connectivity index (χ3v) is 1.82. The van der Waals surface area contributed by atoms with E-state index in [1.54, 1.807) is 0 Å². The van der Waals surface area contributed by atoms with E-state index in [-0.39, 0.29) is 0 Å². The molecule has 0 atom stereocenters. The highest BCUT2D eigenvalue weighted by atomic mass is 16.5. The van der Waals surface area contributed by atoms with Crippen LogP contribution in [0.5, 0.6) is 5.75 Å². The lowest BCUT2D eigenvalue weighted by Gasteiger charge is -2.03. The number of rotatable bonds is 2. The molecular weight excluding hydrogens is 136 g/mol. The summed E-state index contributed by atoms with van der Waals surface area (Å²) in [4.78, 5) is 0. The molecule has 1 heteroatoms. The third-order valence-electron chi connectivity index (χ3n) is 1.82. The molecule has 0 saturated heterocycles. The van der Waals surface area contributed by atoms with Crippen LogP contribution in [0.25, 0.3) is 0 Å². The first-order valence-corrected chi connectivity index (χ1v) is 4.08. The number of hydrogen-bond donors (Lipinski definition) is 0. The molecule has 1 nitrogen and oxygen atoms in total.